The van der Waals surface area contributed by atoms with E-state index in [0.29, 0.717) is 160 Å². The normalized spacial score (nSPS) is 18.0. The van der Waals surface area contributed by atoms with Gasteiger partial charge in [-0.25, -0.2) is 4.98 Å². The van der Waals surface area contributed by atoms with Gasteiger partial charge in [0, 0.05) is 207 Å². The van der Waals surface area contributed by atoms with E-state index in [0.717, 1.165) is 102 Å². The molecule has 131 heavy (non-hydrogen) atoms. The van der Waals surface area contributed by atoms with E-state index in [-0.39, 0.29) is 32.2 Å². The number of piperidine rings is 4. The van der Waals surface area contributed by atoms with E-state index in [1.165, 1.54) is 6.92 Å². The molecule has 4 spiro atoms. The average molecular weight is 1820 g/mol. The van der Waals surface area contributed by atoms with Gasteiger partial charge in [0.2, 0.25) is 5.76 Å². The Morgan fingerprint density at radius 3 is 1.70 bits per heavy atom. The number of carbonyl (C=O) groups excluding carboxylic acids is 4. The number of ether oxygens (including phenoxy) is 7. The van der Waals surface area contributed by atoms with Crippen LogP contribution >= 0.6 is 22.9 Å². The molecule has 0 radical (unpaired) electrons. The number of aliphatic hydroxyl groups is 2. The molecule has 6 aromatic heterocycles. The molecule has 4 fully saturated rings. The van der Waals surface area contributed by atoms with E-state index in [9.17, 15) is 42.6 Å². The summed E-state index contributed by atoms with van der Waals surface area (Å²) in [7, 11) is 7.12. The maximum Gasteiger partial charge on any atom is 0.413 e. The number of nitrogens with zero attached hydrogens (tertiary/aromatic N) is 11. The molecule has 0 saturated carbocycles. The van der Waals surface area contributed by atoms with Gasteiger partial charge in [-0.1, -0.05) is 120 Å². The maximum absolute atomic E-state index is 13.8. The van der Waals surface area contributed by atoms with Crippen LogP contribution < -0.4 is 28.4 Å². The topological polar surface area (TPSA) is 266 Å². The second-order valence-electron chi connectivity index (χ2n) is 34.3. The van der Waals surface area contributed by atoms with E-state index in [4.69, 9.17) is 49.3 Å². The van der Waals surface area contributed by atoms with Crippen molar-refractivity contribution in [1.82, 2.24) is 53.9 Å². The second kappa shape index (κ2) is 35.2. The smallest absolute Gasteiger partial charge is 0.413 e. The zero-order valence-corrected chi connectivity index (χ0v) is 74.2. The second-order valence-corrected chi connectivity index (χ2v) is 35.8. The van der Waals surface area contributed by atoms with E-state index in [1.807, 2.05) is 143 Å². The highest BCUT2D eigenvalue weighted by atomic mass is 35.5. The number of aliphatic hydroxyl groups excluding tert-OH is 1. The molecule has 25 nitrogen and oxygen atoms in total. The summed E-state index contributed by atoms with van der Waals surface area (Å²) in [6.45, 7) is 6.20. The van der Waals surface area contributed by atoms with Crippen molar-refractivity contribution in [3.63, 3.8) is 0 Å². The third-order valence-electron chi connectivity index (χ3n) is 26.7. The number of thiophene rings is 1. The lowest BCUT2D eigenvalue weighted by Crippen LogP contribution is -2.53. The Bertz CT molecular complexity index is 6560. The fourth-order valence-electron chi connectivity index (χ4n) is 19.6. The summed E-state index contributed by atoms with van der Waals surface area (Å²) in [4.78, 5) is 65.3. The van der Waals surface area contributed by atoms with Crippen molar-refractivity contribution in [3.05, 3.63) is 303 Å². The quantitative estimate of drug-likeness (QED) is 0.108. The van der Waals surface area contributed by atoms with Gasteiger partial charge < -0.3 is 67.5 Å². The monoisotopic (exact) mass is 1810 g/mol. The summed E-state index contributed by atoms with van der Waals surface area (Å²) < 4.78 is 96.2. The van der Waals surface area contributed by atoms with Gasteiger partial charge in [0.25, 0.3) is 23.6 Å². The number of benzene rings is 7. The van der Waals surface area contributed by atoms with Crippen molar-refractivity contribution in [2.24, 2.45) is 14.1 Å². The first kappa shape index (κ1) is 87.0. The molecular formula is C101H99ClF3N11O14S. The van der Waals surface area contributed by atoms with Gasteiger partial charge in [-0.3, -0.25) is 33.1 Å². The first-order valence-electron chi connectivity index (χ1n) is 43.7. The van der Waals surface area contributed by atoms with Gasteiger partial charge in [0.15, 0.2) is 28.7 Å². The predicted octanol–water partition coefficient (Wildman–Crippen LogP) is 18.1. The number of pyridine rings is 1. The van der Waals surface area contributed by atoms with Gasteiger partial charge >= 0.3 is 6.18 Å². The maximum atomic E-state index is 13.8. The van der Waals surface area contributed by atoms with Crippen LogP contribution in [0, 0.1) is 0 Å². The van der Waals surface area contributed by atoms with E-state index < -0.39 is 52.3 Å². The summed E-state index contributed by atoms with van der Waals surface area (Å²) in [5, 5.41) is 34.3. The van der Waals surface area contributed by atoms with E-state index >= 15 is 0 Å². The van der Waals surface area contributed by atoms with Gasteiger partial charge in [-0.15, -0.1) is 11.3 Å². The number of methoxy groups -OCH3 is 2. The third-order valence-corrected chi connectivity index (χ3v) is 28.1. The molecule has 1 unspecified atom stereocenters. The van der Waals surface area contributed by atoms with Crippen molar-refractivity contribution >= 4 is 56.7 Å². The average Bonchev–Trinajstić information content (AvgIpc) is 1.62. The first-order valence-corrected chi connectivity index (χ1v) is 44.9. The fourth-order valence-corrected chi connectivity index (χ4v) is 20.9. The molecule has 4 amide bonds. The lowest BCUT2D eigenvalue weighted by atomic mass is 9.72. The van der Waals surface area contributed by atoms with Crippen LogP contribution in [0.25, 0.3) is 49.7 Å². The molecular weight excluding hydrogens is 1720 g/mol. The SMILES string of the molecule is COCCOc1ccc(C(=O)N2CCC3(CC2)Oc2cccnc2-n2cccc23)cc1OC.C[C@](O)(CO)c1ccc(C(=O)N2CCC3(CC2)Oc2ccccc2C2C(C(F)(F)F)=CC=C23)cc1.Cn1ncc2c1-c1ccccc1OC21CCN(C(=O)c2cc(-c3ccccc3Cl)no2)CC1.Cn1ncc2c1-c1ccccc1OC21CCN(C(=O)c2cc3ccccc3s2)CC1.[HH].[HH]. The predicted molar refractivity (Wildman–Crippen MR) is 490 cm³/mol. The lowest BCUT2D eigenvalue weighted by Gasteiger charge is -2.48. The minimum absolute atomic E-state index is 0. The standard InChI is InChI=1S/C27H26F3NO4.C25H21ClN4O3.C25H27N3O5.C24H21N3O2S.2H2/c1-25(34,16-32)18-8-6-17(7-9-18)24(33)31-14-12-26(13-15-31)20-10-11-21(27(28,29)30)23(20)19-4-2-3-5-22(19)35-26;1-29-23-17-7-3-5-9-21(17)32-25(18(23)15-27-29)10-12-30(13-11-25)24(31)22-14-20(28-33-22)16-6-2-4-8-19(16)26;1-30-15-16-32-19-8-7-18(17-21(19)31-2)24(29)27-13-9-25(10-14-27)22-6-4-12-28(22)23-20(33-25)5-3-11-26-23;1-26-22-17-7-3-4-8-19(17)29-24(18(22)15-25-26)10-12-27(13-11-24)23(28)21-14-16-6-2-5-9-20(16)30-21;;/h2-11,23,32,34H,12-16H2,1H3;2-9,14-15H,10-13H2,1H3;3-8,11-12,17H,9-10,13-16H2,1-2H3;2-9,14-15H,10-13H2,1H3;2*1H/t23?,25-;;;;;/m0...../s1. The first-order chi connectivity index (χ1) is 63.4. The zero-order chi connectivity index (χ0) is 90.7. The number of carbonyl (C=O) groups is 4. The molecule has 4 saturated heterocycles. The highest BCUT2D eigenvalue weighted by Gasteiger charge is 2.55. The van der Waals surface area contributed by atoms with Crippen LogP contribution in [0.3, 0.4) is 0 Å². The number of rotatable bonds is 12. The number of para-hydroxylation sites is 3. The number of aryl methyl sites for hydroxylation is 2. The molecule has 7 aromatic carbocycles. The van der Waals surface area contributed by atoms with E-state index in [1.54, 1.807) is 126 Å². The van der Waals surface area contributed by atoms with Crippen molar-refractivity contribution in [2.75, 3.05) is 86.4 Å². The van der Waals surface area contributed by atoms with Crippen LogP contribution in [0.2, 0.25) is 5.02 Å². The number of amides is 4. The largest absolute Gasteiger partial charge is 0.493 e. The summed E-state index contributed by atoms with van der Waals surface area (Å²) >= 11 is 7.83. The molecule has 2 N–H and O–H groups in total. The highest BCUT2D eigenvalue weighted by molar-refractivity contribution is 7.20. The Labute approximate surface area is 765 Å². The molecule has 13 aromatic rings. The van der Waals surface area contributed by atoms with Gasteiger partial charge in [0.1, 0.15) is 52.0 Å². The van der Waals surface area contributed by atoms with Crippen LogP contribution in [0.1, 0.15) is 136 Å². The summed E-state index contributed by atoms with van der Waals surface area (Å²) in [5.41, 5.74) is 7.27. The number of alkyl halides is 3. The Hall–Kier alpha value is -13.3. The van der Waals surface area contributed by atoms with Gasteiger partial charge in [-0.2, -0.15) is 23.4 Å². The molecule has 676 valence electrons. The van der Waals surface area contributed by atoms with Crippen LogP contribution in [0.4, 0.5) is 13.2 Å². The number of allylic oxidation sites excluding steroid dienone is 3. The molecule has 14 heterocycles. The Morgan fingerprint density at radius 1 is 0.557 bits per heavy atom. The molecule has 1 aliphatic carbocycles. The lowest BCUT2D eigenvalue weighted by molar-refractivity contribution is -0.0959. The molecule has 30 heteroatoms. The minimum Gasteiger partial charge on any atom is -0.493 e. The number of aromatic nitrogens is 7. The molecule has 22 rings (SSSR count). The van der Waals surface area contributed by atoms with Crippen molar-refractivity contribution < 1.29 is 83.1 Å². The Kier molecular flexibility index (Phi) is 23.4. The third kappa shape index (κ3) is 16.2. The molecule has 2 atom stereocenters. The Morgan fingerprint density at radius 2 is 1.09 bits per heavy atom. The van der Waals surface area contributed by atoms with Crippen molar-refractivity contribution in [2.45, 2.75) is 98.4 Å². The van der Waals surface area contributed by atoms with Crippen LogP contribution in [-0.4, -0.2) is 186 Å². The van der Waals surface area contributed by atoms with Gasteiger partial charge in [-0.05, 0) is 127 Å². The number of fused-ring (bicyclic) bond motifs is 17. The number of likely N-dealkylation sites (tertiary alicyclic amines) is 4. The fraction of sp³-hybridized carbons (Fsp3) is 0.307. The minimum atomic E-state index is -4.45. The number of hydrogen-bond donors (Lipinski definition) is 2. The van der Waals surface area contributed by atoms with Crippen molar-refractivity contribution in [3.8, 4) is 74.1 Å². The highest BCUT2D eigenvalue weighted by Crippen LogP contribution is 2.58. The van der Waals surface area contributed by atoms with Crippen LogP contribution in [0.15, 0.2) is 253 Å². The number of hydrogen-bond acceptors (Lipinski definition) is 19. The zero-order valence-electron chi connectivity index (χ0n) is 72.7. The molecule has 8 aliphatic heterocycles. The molecule has 0 bridgehead atoms. The van der Waals surface area contributed by atoms with Crippen molar-refractivity contribution in [1.29, 1.82) is 0 Å². The van der Waals surface area contributed by atoms with Crippen LogP contribution in [0.5, 0.6) is 34.5 Å². The van der Waals surface area contributed by atoms with Gasteiger partial charge in [0.05, 0.1) is 59.7 Å². The summed E-state index contributed by atoms with van der Waals surface area (Å²) in [6.07, 6.45) is 10.9. The van der Waals surface area contributed by atoms with Crippen LogP contribution in [-0.2, 0) is 41.2 Å². The summed E-state index contributed by atoms with van der Waals surface area (Å²) in [6, 6.07) is 61.9. The summed E-state index contributed by atoms with van der Waals surface area (Å²) in [5.74, 6) is 3.94. The number of halogens is 4. The van der Waals surface area contributed by atoms with E-state index in [2.05, 4.69) is 55.2 Å². The molecule has 9 aliphatic rings. The Balaban J connectivity index is 0.000000123.